The van der Waals surface area contributed by atoms with E-state index in [1.807, 2.05) is 0 Å². The van der Waals surface area contributed by atoms with Crippen LogP contribution in [0.4, 0.5) is 0 Å². The van der Waals surface area contributed by atoms with E-state index >= 15 is 0 Å². The van der Waals surface area contributed by atoms with Crippen molar-refractivity contribution in [2.24, 2.45) is 0 Å². The molecule has 14 nitrogen and oxygen atoms in total. The Kier molecular flexibility index (Phi) is 8.21. The highest BCUT2D eigenvalue weighted by Gasteiger charge is 2.53. The molecule has 0 amide bonds. The van der Waals surface area contributed by atoms with E-state index in [9.17, 15) is 46.0 Å². The van der Waals surface area contributed by atoms with E-state index in [2.05, 4.69) is 0 Å². The van der Waals surface area contributed by atoms with Crippen LogP contribution in [0.25, 0.3) is 0 Å². The molecule has 14 heteroatoms. The molecule has 3 rings (SSSR count). The Labute approximate surface area is 176 Å². The fourth-order valence-electron chi connectivity index (χ4n) is 3.70. The summed E-state index contributed by atoms with van der Waals surface area (Å²) in [4.78, 5) is 0. The van der Waals surface area contributed by atoms with Gasteiger partial charge in [-0.3, -0.25) is 0 Å². The van der Waals surface area contributed by atoms with Crippen molar-refractivity contribution >= 4 is 0 Å². The van der Waals surface area contributed by atoms with E-state index in [4.69, 9.17) is 23.7 Å². The molecule has 0 aromatic rings. The Morgan fingerprint density at radius 1 is 0.548 bits per heavy atom. The highest BCUT2D eigenvalue weighted by atomic mass is 16.8. The smallest absolute Gasteiger partial charge is 0.190 e. The summed E-state index contributed by atoms with van der Waals surface area (Å²) in [5.41, 5.74) is 0. The van der Waals surface area contributed by atoms with Crippen molar-refractivity contribution in [3.8, 4) is 0 Å². The summed E-state index contributed by atoms with van der Waals surface area (Å²) >= 11 is 0. The minimum atomic E-state index is -1.75. The first-order valence-electron chi connectivity index (χ1n) is 9.86. The molecular formula is C17H30O14. The van der Waals surface area contributed by atoms with Crippen LogP contribution in [0.5, 0.6) is 0 Å². The maximum atomic E-state index is 10.5. The fourth-order valence-corrected chi connectivity index (χ4v) is 3.70. The summed E-state index contributed by atoms with van der Waals surface area (Å²) in [7, 11) is 0. The van der Waals surface area contributed by atoms with Crippen molar-refractivity contribution < 1.29 is 69.6 Å². The lowest BCUT2D eigenvalue weighted by Gasteiger charge is -2.46. The molecule has 0 bridgehead atoms. The lowest BCUT2D eigenvalue weighted by molar-refractivity contribution is -0.382. The Morgan fingerprint density at radius 3 is 1.61 bits per heavy atom. The topological polar surface area (TPSA) is 228 Å². The quantitative estimate of drug-likeness (QED) is 0.181. The lowest BCUT2D eigenvalue weighted by atomic mass is 9.97. The first-order valence-corrected chi connectivity index (χ1v) is 9.86. The molecule has 14 atom stereocenters. The highest BCUT2D eigenvalue weighted by molar-refractivity contribution is 4.94. The molecular weight excluding hydrogens is 428 g/mol. The van der Waals surface area contributed by atoms with Gasteiger partial charge in [0, 0.05) is 0 Å². The normalized spacial score (nSPS) is 53.6. The molecule has 0 aliphatic carbocycles. The van der Waals surface area contributed by atoms with E-state index in [0.29, 0.717) is 0 Å². The minimum absolute atomic E-state index is 0.621. The molecule has 3 saturated heterocycles. The SMILES string of the molecule is CC1OC(O[C@H]2C(OC3OC(CO)C(O)C3O)O[C@H](CO)[C@H](O)[C@@H]2O)C(O)C(O)C1O. The first kappa shape index (κ1) is 25.1. The van der Waals surface area contributed by atoms with Gasteiger partial charge in [0.15, 0.2) is 18.9 Å². The molecule has 3 fully saturated rings. The average Bonchev–Trinajstić information content (AvgIpc) is 3.02. The summed E-state index contributed by atoms with van der Waals surface area (Å²) in [6.07, 6.45) is -21.0. The first-order chi connectivity index (χ1) is 14.6. The van der Waals surface area contributed by atoms with Gasteiger partial charge in [0.25, 0.3) is 0 Å². The van der Waals surface area contributed by atoms with Gasteiger partial charge in [-0.25, -0.2) is 0 Å². The second-order valence-electron chi connectivity index (χ2n) is 7.83. The van der Waals surface area contributed by atoms with Gasteiger partial charge in [0.2, 0.25) is 0 Å². The van der Waals surface area contributed by atoms with Gasteiger partial charge < -0.3 is 69.6 Å². The van der Waals surface area contributed by atoms with Gasteiger partial charge in [0.05, 0.1) is 19.3 Å². The van der Waals surface area contributed by atoms with Crippen LogP contribution in [0.3, 0.4) is 0 Å². The molecule has 9 N–H and O–H groups in total. The maximum absolute atomic E-state index is 10.5. The van der Waals surface area contributed by atoms with Crippen LogP contribution < -0.4 is 0 Å². The third kappa shape index (κ3) is 4.87. The van der Waals surface area contributed by atoms with Crippen LogP contribution in [0.2, 0.25) is 0 Å². The summed E-state index contributed by atoms with van der Waals surface area (Å²) in [5.74, 6) is 0. The van der Waals surface area contributed by atoms with E-state index in [1.54, 1.807) is 0 Å². The molecule has 0 aromatic carbocycles. The van der Waals surface area contributed by atoms with E-state index < -0.39 is 99.2 Å². The number of hydrogen-bond donors (Lipinski definition) is 9. The average molecular weight is 458 g/mol. The van der Waals surface area contributed by atoms with Crippen molar-refractivity contribution in [1.29, 1.82) is 0 Å². The van der Waals surface area contributed by atoms with Gasteiger partial charge in [0.1, 0.15) is 61.0 Å². The monoisotopic (exact) mass is 458 g/mol. The zero-order valence-electron chi connectivity index (χ0n) is 16.6. The Bertz CT molecular complexity index is 581. The van der Waals surface area contributed by atoms with Gasteiger partial charge >= 0.3 is 0 Å². The van der Waals surface area contributed by atoms with Crippen molar-refractivity contribution in [1.82, 2.24) is 0 Å². The molecule has 0 radical (unpaired) electrons. The zero-order valence-corrected chi connectivity index (χ0v) is 16.6. The van der Waals surface area contributed by atoms with Crippen LogP contribution in [-0.2, 0) is 23.7 Å². The third-order valence-electron chi connectivity index (χ3n) is 5.69. The van der Waals surface area contributed by atoms with E-state index in [1.165, 1.54) is 6.92 Å². The molecule has 10 unspecified atom stereocenters. The highest BCUT2D eigenvalue weighted by Crippen LogP contribution is 2.32. The van der Waals surface area contributed by atoms with Gasteiger partial charge in [-0.15, -0.1) is 0 Å². The van der Waals surface area contributed by atoms with Crippen molar-refractivity contribution in [2.75, 3.05) is 13.2 Å². The van der Waals surface area contributed by atoms with Gasteiger partial charge in [-0.05, 0) is 6.92 Å². The maximum Gasteiger partial charge on any atom is 0.190 e. The predicted octanol–water partition coefficient (Wildman–Crippen LogP) is -5.91. The number of aliphatic hydroxyl groups excluding tert-OH is 9. The lowest BCUT2D eigenvalue weighted by Crippen LogP contribution is -2.64. The second kappa shape index (κ2) is 10.1. The van der Waals surface area contributed by atoms with E-state index in [0.717, 1.165) is 0 Å². The summed E-state index contributed by atoms with van der Waals surface area (Å²) in [6, 6.07) is 0. The second-order valence-corrected chi connectivity index (χ2v) is 7.83. The molecule has 0 aromatic heterocycles. The zero-order chi connectivity index (χ0) is 23.0. The number of rotatable bonds is 6. The third-order valence-corrected chi connectivity index (χ3v) is 5.69. The summed E-state index contributed by atoms with van der Waals surface area (Å²) in [5, 5.41) is 89.2. The number of ether oxygens (including phenoxy) is 5. The Hall–Kier alpha value is -0.560. The molecule has 3 aliphatic rings. The summed E-state index contributed by atoms with van der Waals surface area (Å²) in [6.45, 7) is 0.0727. The molecule has 0 saturated carbocycles. The predicted molar refractivity (Wildman–Crippen MR) is 93.8 cm³/mol. The van der Waals surface area contributed by atoms with Crippen molar-refractivity contribution in [3.05, 3.63) is 0 Å². The van der Waals surface area contributed by atoms with Crippen LogP contribution in [0.1, 0.15) is 6.92 Å². The Balaban J connectivity index is 1.78. The molecule has 0 spiro atoms. The fraction of sp³-hybridized carbons (Fsp3) is 1.00. The molecule has 31 heavy (non-hydrogen) atoms. The standard InChI is InChI=1S/C17H30O14/c1-4-7(20)10(23)13(26)15(27-4)30-14-11(24)8(21)5(2-18)29-17(14)31-16-12(25)9(22)6(3-19)28-16/h4-26H,2-3H2,1H3/t4?,5-,6?,7?,8+,9?,10?,11+,12?,13?,14-,15?,16?,17?/m1/s1. The largest absolute Gasteiger partial charge is 0.394 e. The minimum Gasteiger partial charge on any atom is -0.394 e. The van der Waals surface area contributed by atoms with Crippen molar-refractivity contribution in [2.45, 2.75) is 92.9 Å². The van der Waals surface area contributed by atoms with Crippen LogP contribution in [-0.4, -0.2) is 145 Å². The van der Waals surface area contributed by atoms with E-state index in [-0.39, 0.29) is 0 Å². The number of hydrogen-bond acceptors (Lipinski definition) is 14. The van der Waals surface area contributed by atoms with Crippen molar-refractivity contribution in [3.63, 3.8) is 0 Å². The van der Waals surface area contributed by atoms with Crippen LogP contribution >= 0.6 is 0 Å². The summed E-state index contributed by atoms with van der Waals surface area (Å²) < 4.78 is 26.9. The Morgan fingerprint density at radius 2 is 1.03 bits per heavy atom. The van der Waals surface area contributed by atoms with Crippen LogP contribution in [0.15, 0.2) is 0 Å². The molecule has 182 valence electrons. The van der Waals surface area contributed by atoms with Gasteiger partial charge in [-0.2, -0.15) is 0 Å². The van der Waals surface area contributed by atoms with Crippen LogP contribution in [0, 0.1) is 0 Å². The number of aliphatic hydroxyl groups is 9. The molecule has 3 heterocycles. The molecule has 3 aliphatic heterocycles. The van der Waals surface area contributed by atoms with Gasteiger partial charge in [-0.1, -0.05) is 0 Å².